The SMILES string of the molecule is COc1ccccc1-c1ncccc1CNC(=S)Nc1cccc(Cl)c1Cl. The summed E-state index contributed by atoms with van der Waals surface area (Å²) >= 11 is 17.6. The molecule has 7 heteroatoms. The van der Waals surface area contributed by atoms with Crippen molar-refractivity contribution in [3.8, 4) is 17.0 Å². The Kier molecular flexibility index (Phi) is 6.50. The summed E-state index contributed by atoms with van der Waals surface area (Å²) in [6, 6.07) is 17.0. The van der Waals surface area contributed by atoms with Gasteiger partial charge in [0.25, 0.3) is 0 Å². The third kappa shape index (κ3) is 4.69. The monoisotopic (exact) mass is 417 g/mol. The van der Waals surface area contributed by atoms with Crippen LogP contribution in [0.4, 0.5) is 5.69 Å². The highest BCUT2D eigenvalue weighted by molar-refractivity contribution is 7.80. The maximum atomic E-state index is 6.19. The van der Waals surface area contributed by atoms with Crippen molar-refractivity contribution in [3.05, 3.63) is 76.4 Å². The zero-order valence-corrected chi connectivity index (χ0v) is 16.8. The van der Waals surface area contributed by atoms with Crippen LogP contribution in [0.3, 0.4) is 0 Å². The van der Waals surface area contributed by atoms with Gasteiger partial charge in [0.2, 0.25) is 0 Å². The van der Waals surface area contributed by atoms with Gasteiger partial charge in [-0.1, -0.05) is 47.5 Å². The van der Waals surface area contributed by atoms with Gasteiger partial charge < -0.3 is 15.4 Å². The summed E-state index contributed by atoms with van der Waals surface area (Å²) in [6.45, 7) is 0.491. The van der Waals surface area contributed by atoms with Crippen LogP contribution in [-0.4, -0.2) is 17.2 Å². The predicted octanol–water partition coefficient (Wildman–Crippen LogP) is 5.55. The number of pyridine rings is 1. The molecule has 0 aliphatic carbocycles. The van der Waals surface area contributed by atoms with Crippen molar-refractivity contribution < 1.29 is 4.74 Å². The van der Waals surface area contributed by atoms with E-state index in [9.17, 15) is 0 Å². The number of aromatic nitrogens is 1. The molecule has 2 aromatic carbocycles. The number of para-hydroxylation sites is 1. The lowest BCUT2D eigenvalue weighted by Gasteiger charge is -2.15. The minimum absolute atomic E-state index is 0.430. The fourth-order valence-corrected chi connectivity index (χ4v) is 3.14. The van der Waals surface area contributed by atoms with E-state index in [1.807, 2.05) is 42.5 Å². The van der Waals surface area contributed by atoms with Crippen molar-refractivity contribution in [2.45, 2.75) is 6.54 Å². The maximum absolute atomic E-state index is 6.19. The van der Waals surface area contributed by atoms with E-state index in [1.54, 1.807) is 25.4 Å². The number of anilines is 1. The summed E-state index contributed by atoms with van der Waals surface area (Å²) in [5.41, 5.74) is 3.40. The summed E-state index contributed by atoms with van der Waals surface area (Å²) in [6.07, 6.45) is 1.76. The zero-order chi connectivity index (χ0) is 19.2. The Balaban J connectivity index is 1.75. The molecule has 0 saturated heterocycles. The molecule has 0 unspecified atom stereocenters. The standard InChI is InChI=1S/C20H17Cl2N3OS/c1-26-17-10-3-2-7-14(17)19-13(6-5-11-23-19)12-24-20(27)25-16-9-4-8-15(21)18(16)22/h2-11H,12H2,1H3,(H2,24,25,27). The molecule has 0 spiro atoms. The normalized spacial score (nSPS) is 10.3. The third-order valence-corrected chi connectivity index (χ3v) is 4.96. The van der Waals surface area contributed by atoms with E-state index in [-0.39, 0.29) is 0 Å². The molecule has 0 atom stereocenters. The Hall–Kier alpha value is -2.34. The van der Waals surface area contributed by atoms with Crippen molar-refractivity contribution in [1.82, 2.24) is 10.3 Å². The number of methoxy groups -OCH3 is 1. The number of thiocarbonyl (C=S) groups is 1. The summed E-state index contributed by atoms with van der Waals surface area (Å²) in [7, 11) is 1.65. The average Bonchev–Trinajstić information content (AvgIpc) is 2.70. The Morgan fingerprint density at radius 2 is 1.89 bits per heavy atom. The highest BCUT2D eigenvalue weighted by Crippen LogP contribution is 2.31. The number of hydrogen-bond acceptors (Lipinski definition) is 3. The number of halogens is 2. The molecule has 1 heterocycles. The summed E-state index contributed by atoms with van der Waals surface area (Å²) in [4.78, 5) is 4.52. The number of ether oxygens (including phenoxy) is 1. The smallest absolute Gasteiger partial charge is 0.171 e. The number of hydrogen-bond donors (Lipinski definition) is 2. The Morgan fingerprint density at radius 3 is 2.70 bits per heavy atom. The van der Waals surface area contributed by atoms with Crippen molar-refractivity contribution >= 4 is 46.2 Å². The second-order valence-electron chi connectivity index (χ2n) is 5.62. The molecule has 138 valence electrons. The molecule has 3 rings (SSSR count). The summed E-state index contributed by atoms with van der Waals surface area (Å²) in [5, 5.41) is 7.58. The molecule has 0 bridgehead atoms. The van der Waals surface area contributed by atoms with E-state index in [0.717, 1.165) is 22.6 Å². The van der Waals surface area contributed by atoms with Crippen LogP contribution in [0, 0.1) is 0 Å². The molecule has 2 N–H and O–H groups in total. The van der Waals surface area contributed by atoms with Crippen LogP contribution in [0.5, 0.6) is 5.75 Å². The quantitative estimate of drug-likeness (QED) is 0.532. The molecule has 3 aromatic rings. The molecule has 4 nitrogen and oxygen atoms in total. The van der Waals surface area contributed by atoms with E-state index in [1.165, 1.54) is 0 Å². The van der Waals surface area contributed by atoms with Crippen molar-refractivity contribution in [2.75, 3.05) is 12.4 Å². The van der Waals surface area contributed by atoms with Gasteiger partial charge in [0, 0.05) is 18.3 Å². The number of nitrogens with zero attached hydrogens (tertiary/aromatic N) is 1. The minimum Gasteiger partial charge on any atom is -0.496 e. The predicted molar refractivity (Wildman–Crippen MR) is 116 cm³/mol. The number of rotatable bonds is 5. The van der Waals surface area contributed by atoms with E-state index in [4.69, 9.17) is 40.2 Å². The van der Waals surface area contributed by atoms with E-state index >= 15 is 0 Å². The van der Waals surface area contributed by atoms with Crippen LogP contribution < -0.4 is 15.4 Å². The van der Waals surface area contributed by atoms with Gasteiger partial charge in [0.05, 0.1) is 28.5 Å². The van der Waals surface area contributed by atoms with Crippen LogP contribution in [0.2, 0.25) is 10.0 Å². The van der Waals surface area contributed by atoms with Gasteiger partial charge in [0.1, 0.15) is 5.75 Å². The first-order valence-electron chi connectivity index (χ1n) is 8.16. The van der Waals surface area contributed by atoms with Gasteiger partial charge in [-0.05, 0) is 48.1 Å². The average molecular weight is 418 g/mol. The first-order chi connectivity index (χ1) is 13.1. The van der Waals surface area contributed by atoms with E-state index < -0.39 is 0 Å². The van der Waals surface area contributed by atoms with Crippen LogP contribution in [0.25, 0.3) is 11.3 Å². The Bertz CT molecular complexity index is 965. The van der Waals surface area contributed by atoms with E-state index in [0.29, 0.717) is 27.4 Å². The summed E-state index contributed by atoms with van der Waals surface area (Å²) < 4.78 is 5.46. The van der Waals surface area contributed by atoms with Crippen molar-refractivity contribution in [1.29, 1.82) is 0 Å². The van der Waals surface area contributed by atoms with Crippen LogP contribution in [-0.2, 0) is 6.54 Å². The molecule has 0 amide bonds. The Labute approximate surface area is 173 Å². The molecule has 0 aliphatic rings. The Morgan fingerprint density at radius 1 is 1.07 bits per heavy atom. The molecule has 0 saturated carbocycles. The fourth-order valence-electron chi connectivity index (χ4n) is 2.61. The maximum Gasteiger partial charge on any atom is 0.171 e. The van der Waals surface area contributed by atoms with Gasteiger partial charge >= 0.3 is 0 Å². The molecule has 0 fully saturated rings. The molecule has 0 aliphatic heterocycles. The van der Waals surface area contributed by atoms with Crippen LogP contribution in [0.1, 0.15) is 5.56 Å². The highest BCUT2D eigenvalue weighted by Gasteiger charge is 2.12. The van der Waals surface area contributed by atoms with Gasteiger partial charge in [-0.2, -0.15) is 0 Å². The minimum atomic E-state index is 0.430. The second-order valence-corrected chi connectivity index (χ2v) is 6.81. The molecule has 27 heavy (non-hydrogen) atoms. The number of nitrogens with one attached hydrogen (secondary N) is 2. The van der Waals surface area contributed by atoms with E-state index in [2.05, 4.69) is 15.6 Å². The summed E-state index contributed by atoms with van der Waals surface area (Å²) in [5.74, 6) is 0.767. The highest BCUT2D eigenvalue weighted by atomic mass is 35.5. The zero-order valence-electron chi connectivity index (χ0n) is 14.5. The van der Waals surface area contributed by atoms with Gasteiger partial charge in [0.15, 0.2) is 5.11 Å². The van der Waals surface area contributed by atoms with Gasteiger partial charge in [-0.15, -0.1) is 0 Å². The number of benzene rings is 2. The molecular weight excluding hydrogens is 401 g/mol. The van der Waals surface area contributed by atoms with Gasteiger partial charge in [-0.3, -0.25) is 4.98 Å². The first-order valence-corrected chi connectivity index (χ1v) is 9.32. The van der Waals surface area contributed by atoms with Crippen LogP contribution in [0.15, 0.2) is 60.8 Å². The second kappa shape index (κ2) is 9.04. The topological polar surface area (TPSA) is 46.2 Å². The molecule has 1 aromatic heterocycles. The molecule has 0 radical (unpaired) electrons. The lowest BCUT2D eigenvalue weighted by Crippen LogP contribution is -2.28. The van der Waals surface area contributed by atoms with Crippen molar-refractivity contribution in [2.24, 2.45) is 0 Å². The van der Waals surface area contributed by atoms with Gasteiger partial charge in [-0.25, -0.2) is 0 Å². The van der Waals surface area contributed by atoms with Crippen LogP contribution >= 0.6 is 35.4 Å². The van der Waals surface area contributed by atoms with Crippen molar-refractivity contribution in [3.63, 3.8) is 0 Å². The fraction of sp³-hybridized carbons (Fsp3) is 0.100. The largest absolute Gasteiger partial charge is 0.496 e. The lowest BCUT2D eigenvalue weighted by atomic mass is 10.0. The third-order valence-electron chi connectivity index (χ3n) is 3.89. The first kappa shape index (κ1) is 19.4. The molecular formula is C20H17Cl2N3OS. The lowest BCUT2D eigenvalue weighted by molar-refractivity contribution is 0.416.